The highest BCUT2D eigenvalue weighted by molar-refractivity contribution is 5.38. The van der Waals surface area contributed by atoms with Crippen LogP contribution in [0.2, 0.25) is 0 Å². The van der Waals surface area contributed by atoms with Crippen molar-refractivity contribution in [2.45, 2.75) is 38.8 Å². The highest BCUT2D eigenvalue weighted by Gasteiger charge is 2.14. The van der Waals surface area contributed by atoms with Gasteiger partial charge in [-0.15, -0.1) is 0 Å². The van der Waals surface area contributed by atoms with Crippen LogP contribution in [0.1, 0.15) is 38.0 Å². The van der Waals surface area contributed by atoms with Crippen LogP contribution in [0.4, 0.5) is 0 Å². The molecule has 1 aromatic carbocycles. The summed E-state index contributed by atoms with van der Waals surface area (Å²) in [4.78, 5) is 0. The van der Waals surface area contributed by atoms with Gasteiger partial charge in [-0.3, -0.25) is 0 Å². The molecule has 3 N–H and O–H groups in total. The molecule has 1 rings (SSSR count). The van der Waals surface area contributed by atoms with Crippen molar-refractivity contribution in [2.75, 3.05) is 6.54 Å². The third-order valence-corrected chi connectivity index (χ3v) is 2.58. The summed E-state index contributed by atoms with van der Waals surface area (Å²) in [6.07, 6.45) is -0.513. The summed E-state index contributed by atoms with van der Waals surface area (Å²) in [6, 6.07) is 6.85. The standard InChI is InChI=1S/C14H20N2O2/c1-14(2,3)16-9-13(18)10-4-5-12(17)11(8-10)6-7-15/h4-5,8,13,16-18H,6,9H2,1-3H3. The van der Waals surface area contributed by atoms with Crippen LogP contribution < -0.4 is 5.32 Å². The minimum atomic E-state index is -0.651. The molecule has 18 heavy (non-hydrogen) atoms. The number of aliphatic hydroxyl groups is 1. The van der Waals surface area contributed by atoms with E-state index >= 15 is 0 Å². The SMILES string of the molecule is CC(C)(C)NCC(O)c1ccc(O)c(CC#N)c1. The van der Waals surface area contributed by atoms with Gasteiger partial charge in [0.1, 0.15) is 5.75 Å². The number of nitrogens with zero attached hydrogens (tertiary/aromatic N) is 1. The maximum Gasteiger partial charge on any atom is 0.119 e. The summed E-state index contributed by atoms with van der Waals surface area (Å²) < 4.78 is 0. The van der Waals surface area contributed by atoms with Crippen molar-refractivity contribution in [1.29, 1.82) is 5.26 Å². The molecule has 0 saturated heterocycles. The number of aromatic hydroxyl groups is 1. The van der Waals surface area contributed by atoms with Gasteiger partial charge in [0.25, 0.3) is 0 Å². The molecule has 0 spiro atoms. The van der Waals surface area contributed by atoms with Crippen LogP contribution in [0.5, 0.6) is 5.75 Å². The van der Waals surface area contributed by atoms with Crippen molar-refractivity contribution in [1.82, 2.24) is 5.32 Å². The lowest BCUT2D eigenvalue weighted by atomic mass is 10.0. The van der Waals surface area contributed by atoms with Crippen molar-refractivity contribution >= 4 is 0 Å². The smallest absolute Gasteiger partial charge is 0.119 e. The molecule has 0 radical (unpaired) electrons. The molecule has 1 unspecified atom stereocenters. The Morgan fingerprint density at radius 1 is 1.39 bits per heavy atom. The molecule has 0 amide bonds. The third kappa shape index (κ3) is 4.36. The van der Waals surface area contributed by atoms with Gasteiger partial charge >= 0.3 is 0 Å². The van der Waals surface area contributed by atoms with Crippen LogP contribution in [0, 0.1) is 11.3 Å². The fourth-order valence-electron chi connectivity index (χ4n) is 1.56. The number of phenols is 1. The largest absolute Gasteiger partial charge is 0.508 e. The van der Waals surface area contributed by atoms with Crippen molar-refractivity contribution in [2.24, 2.45) is 0 Å². The predicted molar refractivity (Wildman–Crippen MR) is 70.1 cm³/mol. The first-order valence-corrected chi connectivity index (χ1v) is 5.95. The zero-order valence-electron chi connectivity index (χ0n) is 11.1. The second kappa shape index (κ2) is 5.85. The first-order chi connectivity index (χ1) is 8.33. The molecule has 0 aliphatic carbocycles. The number of hydrogen-bond donors (Lipinski definition) is 3. The average Bonchev–Trinajstić information content (AvgIpc) is 2.28. The minimum Gasteiger partial charge on any atom is -0.508 e. The fraction of sp³-hybridized carbons (Fsp3) is 0.500. The van der Waals surface area contributed by atoms with Gasteiger partial charge < -0.3 is 15.5 Å². The summed E-state index contributed by atoms with van der Waals surface area (Å²) >= 11 is 0. The number of phenolic OH excluding ortho intramolecular Hbond substituents is 1. The molecule has 0 heterocycles. The fourth-order valence-corrected chi connectivity index (χ4v) is 1.56. The molecule has 1 aromatic rings. The highest BCUT2D eigenvalue weighted by Crippen LogP contribution is 2.22. The number of benzene rings is 1. The third-order valence-electron chi connectivity index (χ3n) is 2.58. The lowest BCUT2D eigenvalue weighted by molar-refractivity contribution is 0.163. The Morgan fingerprint density at radius 2 is 2.06 bits per heavy atom. The van der Waals surface area contributed by atoms with Crippen LogP contribution in [0.3, 0.4) is 0 Å². The number of nitrogens with one attached hydrogen (secondary N) is 1. The second-order valence-electron chi connectivity index (χ2n) is 5.37. The predicted octanol–water partition coefficient (Wildman–Crippen LogP) is 1.88. The maximum absolute atomic E-state index is 10.0. The van der Waals surface area contributed by atoms with Gasteiger partial charge in [0.15, 0.2) is 0 Å². The van der Waals surface area contributed by atoms with E-state index in [1.807, 2.05) is 26.8 Å². The van der Waals surface area contributed by atoms with Gasteiger partial charge in [0, 0.05) is 17.6 Å². The Labute approximate surface area is 108 Å². The second-order valence-corrected chi connectivity index (χ2v) is 5.37. The van der Waals surface area contributed by atoms with E-state index in [-0.39, 0.29) is 17.7 Å². The van der Waals surface area contributed by atoms with Gasteiger partial charge in [0.2, 0.25) is 0 Å². The van der Waals surface area contributed by atoms with E-state index in [0.717, 1.165) is 0 Å². The lowest BCUT2D eigenvalue weighted by Gasteiger charge is -2.23. The zero-order valence-corrected chi connectivity index (χ0v) is 11.1. The molecule has 4 heteroatoms. The van der Waals surface area contributed by atoms with Crippen LogP contribution in [0.15, 0.2) is 18.2 Å². The van der Waals surface area contributed by atoms with E-state index in [1.54, 1.807) is 12.1 Å². The number of β-amino-alcohol motifs (C(OH)–C–C–N with tert-alkyl or cyclic N) is 1. The summed E-state index contributed by atoms with van der Waals surface area (Å²) in [5.41, 5.74) is 1.19. The van der Waals surface area contributed by atoms with Gasteiger partial charge in [-0.05, 0) is 38.5 Å². The van der Waals surface area contributed by atoms with Crippen molar-refractivity contribution in [3.8, 4) is 11.8 Å². The normalized spacial score (nSPS) is 13.1. The Bertz CT molecular complexity index is 444. The average molecular weight is 248 g/mol. The molecule has 0 aromatic heterocycles. The van der Waals surface area contributed by atoms with Crippen LogP contribution in [0.25, 0.3) is 0 Å². The molecule has 0 fully saturated rings. The molecule has 0 aliphatic rings. The van der Waals surface area contributed by atoms with E-state index in [4.69, 9.17) is 5.26 Å². The van der Waals surface area contributed by atoms with E-state index in [9.17, 15) is 10.2 Å². The summed E-state index contributed by atoms with van der Waals surface area (Å²) in [5.74, 6) is 0.0938. The van der Waals surface area contributed by atoms with E-state index in [1.165, 1.54) is 6.07 Å². The molecule has 98 valence electrons. The molecule has 0 bridgehead atoms. The highest BCUT2D eigenvalue weighted by atomic mass is 16.3. The maximum atomic E-state index is 10.0. The molecule has 1 atom stereocenters. The number of aliphatic hydroxyl groups excluding tert-OH is 1. The topological polar surface area (TPSA) is 76.3 Å². The Hall–Kier alpha value is -1.57. The van der Waals surface area contributed by atoms with E-state index in [2.05, 4.69) is 5.32 Å². The van der Waals surface area contributed by atoms with Crippen molar-refractivity contribution in [3.05, 3.63) is 29.3 Å². The Kier molecular flexibility index (Phi) is 4.71. The monoisotopic (exact) mass is 248 g/mol. The Balaban J connectivity index is 2.77. The van der Waals surface area contributed by atoms with Gasteiger partial charge in [0.05, 0.1) is 18.6 Å². The van der Waals surface area contributed by atoms with Crippen LogP contribution >= 0.6 is 0 Å². The van der Waals surface area contributed by atoms with Crippen LogP contribution in [-0.2, 0) is 6.42 Å². The summed E-state index contributed by atoms with van der Waals surface area (Å²) in [7, 11) is 0. The lowest BCUT2D eigenvalue weighted by Crippen LogP contribution is -2.38. The zero-order chi connectivity index (χ0) is 13.8. The molecule has 4 nitrogen and oxygen atoms in total. The molecular formula is C14H20N2O2. The first-order valence-electron chi connectivity index (χ1n) is 5.95. The van der Waals surface area contributed by atoms with Crippen molar-refractivity contribution < 1.29 is 10.2 Å². The van der Waals surface area contributed by atoms with Crippen molar-refractivity contribution in [3.63, 3.8) is 0 Å². The molecule has 0 saturated carbocycles. The quantitative estimate of drug-likeness (QED) is 0.760. The summed E-state index contributed by atoms with van der Waals surface area (Å²) in [5, 5.41) is 31.5. The first kappa shape index (κ1) is 14.5. The van der Waals surface area contributed by atoms with E-state index < -0.39 is 6.10 Å². The molecule has 0 aliphatic heterocycles. The molecular weight excluding hydrogens is 228 g/mol. The van der Waals surface area contributed by atoms with Gasteiger partial charge in [-0.25, -0.2) is 0 Å². The Morgan fingerprint density at radius 3 is 2.61 bits per heavy atom. The number of hydrogen-bond acceptors (Lipinski definition) is 4. The van der Waals surface area contributed by atoms with Gasteiger partial charge in [-0.1, -0.05) is 6.07 Å². The number of rotatable bonds is 4. The van der Waals surface area contributed by atoms with E-state index in [0.29, 0.717) is 17.7 Å². The minimum absolute atomic E-state index is 0.0621. The summed E-state index contributed by atoms with van der Waals surface area (Å²) in [6.45, 7) is 6.51. The number of nitriles is 1. The van der Waals surface area contributed by atoms with Gasteiger partial charge in [-0.2, -0.15) is 5.26 Å². The van der Waals surface area contributed by atoms with Crippen LogP contribution in [-0.4, -0.2) is 22.3 Å².